The molecule has 9 atom stereocenters. The Morgan fingerprint density at radius 1 is 0.561 bits per heavy atom. The molecule has 1 fully saturated rings. The summed E-state index contributed by atoms with van der Waals surface area (Å²) in [5.74, 6) is -1.26. The van der Waals surface area contributed by atoms with Gasteiger partial charge in [-0.2, -0.15) is 0 Å². The monoisotopic (exact) mass is 949 g/mol. The molecule has 0 radical (unpaired) electrons. The summed E-state index contributed by atoms with van der Waals surface area (Å²) in [6, 6.07) is 0. The fourth-order valence-corrected chi connectivity index (χ4v) is 7.32. The zero-order valence-corrected chi connectivity index (χ0v) is 40.2. The molecule has 1 aliphatic carbocycles. The van der Waals surface area contributed by atoms with Crippen LogP contribution in [0.5, 0.6) is 0 Å². The van der Waals surface area contributed by atoms with Gasteiger partial charge in [0.1, 0.15) is 43.2 Å². The molecule has 0 amide bonds. The Balaban J connectivity index is 2.55. The number of phosphoric acid groups is 1. The molecule has 0 aliphatic heterocycles. The molecule has 0 bridgehead atoms. The van der Waals surface area contributed by atoms with Crippen LogP contribution in [0.1, 0.15) is 136 Å². The summed E-state index contributed by atoms with van der Waals surface area (Å²) in [6.45, 7) is 2.97. The zero-order chi connectivity index (χ0) is 48.7. The number of aliphatic hydroxyl groups excluding tert-OH is 6. The highest BCUT2D eigenvalue weighted by molar-refractivity contribution is 7.47. The van der Waals surface area contributed by atoms with Crippen molar-refractivity contribution in [3.8, 4) is 0 Å². The summed E-state index contributed by atoms with van der Waals surface area (Å²) in [5, 5.41) is 60.0. The van der Waals surface area contributed by atoms with Crippen LogP contribution in [0.3, 0.4) is 0 Å². The quantitative estimate of drug-likeness (QED) is 0.0102. The SMILES string of the molecule is CC/C=C\CC(O)/C=C/C=C/C/C=C\C/C=C\C/C=C\CCC(=O)O[C@H](COC(=O)CCCCCC/C=C\C/C=C\C/C=C\CCCCC)COP(=O)(O)OC1[C@H](O)[C@H](O)C(O)[C@H](O)[C@H]1O. The van der Waals surface area contributed by atoms with Gasteiger partial charge in [-0.05, 0) is 83.5 Å². The minimum Gasteiger partial charge on any atom is -0.462 e. The highest BCUT2D eigenvalue weighted by atomic mass is 31.2. The van der Waals surface area contributed by atoms with Gasteiger partial charge in [0.25, 0.3) is 0 Å². The number of carbonyl (C=O) groups is 2. The molecule has 1 rings (SSSR count). The molecule has 4 unspecified atom stereocenters. The molecule has 1 saturated carbocycles. The van der Waals surface area contributed by atoms with Gasteiger partial charge in [-0.1, -0.05) is 149 Å². The topological polar surface area (TPSA) is 230 Å². The number of ether oxygens (including phenoxy) is 2. The molecule has 374 valence electrons. The third-order valence-electron chi connectivity index (χ3n) is 10.2. The molecule has 1 aliphatic rings. The second-order valence-electron chi connectivity index (χ2n) is 16.1. The molecular formula is C51H81O14P. The zero-order valence-electron chi connectivity index (χ0n) is 39.3. The predicted octanol–water partition coefficient (Wildman–Crippen LogP) is 8.58. The average Bonchev–Trinajstić information content (AvgIpc) is 3.29. The predicted molar refractivity (Wildman–Crippen MR) is 259 cm³/mol. The van der Waals surface area contributed by atoms with Crippen LogP contribution in [-0.4, -0.2) is 110 Å². The molecular weight excluding hydrogens is 868 g/mol. The second-order valence-corrected chi connectivity index (χ2v) is 17.5. The van der Waals surface area contributed by atoms with Gasteiger partial charge in [-0.25, -0.2) is 4.57 Å². The van der Waals surface area contributed by atoms with Crippen molar-refractivity contribution in [2.75, 3.05) is 13.2 Å². The first kappa shape index (κ1) is 60.5. The van der Waals surface area contributed by atoms with Crippen molar-refractivity contribution < 1.29 is 68.2 Å². The highest BCUT2D eigenvalue weighted by Gasteiger charge is 2.51. The van der Waals surface area contributed by atoms with Gasteiger partial charge in [0, 0.05) is 12.8 Å². The molecule has 0 heterocycles. The lowest BCUT2D eigenvalue weighted by atomic mass is 9.85. The van der Waals surface area contributed by atoms with Crippen molar-refractivity contribution in [3.63, 3.8) is 0 Å². The first-order valence-corrected chi connectivity index (χ1v) is 25.3. The van der Waals surface area contributed by atoms with E-state index in [1.165, 1.54) is 19.3 Å². The number of phosphoric ester groups is 1. The van der Waals surface area contributed by atoms with E-state index in [0.717, 1.165) is 64.2 Å². The lowest BCUT2D eigenvalue weighted by Crippen LogP contribution is -2.64. The van der Waals surface area contributed by atoms with Gasteiger partial charge in [0.15, 0.2) is 6.10 Å². The third kappa shape index (κ3) is 31.4. The molecule has 66 heavy (non-hydrogen) atoms. The second kappa shape index (κ2) is 39.5. The molecule has 0 aromatic heterocycles. The third-order valence-corrected chi connectivity index (χ3v) is 11.2. The number of carbonyl (C=O) groups excluding carboxylic acids is 2. The Bertz CT molecular complexity index is 1580. The van der Waals surface area contributed by atoms with E-state index in [9.17, 15) is 49.7 Å². The van der Waals surface area contributed by atoms with Crippen LogP contribution in [0.15, 0.2) is 109 Å². The Hall–Kier alpha value is -3.53. The largest absolute Gasteiger partial charge is 0.472 e. The number of allylic oxidation sites excluding steroid dienone is 16. The van der Waals surface area contributed by atoms with Crippen molar-refractivity contribution in [2.24, 2.45) is 0 Å². The van der Waals surface area contributed by atoms with Crippen molar-refractivity contribution in [3.05, 3.63) is 109 Å². The first-order chi connectivity index (χ1) is 31.8. The molecule has 0 spiro atoms. The molecule has 0 aromatic rings. The molecule has 0 aromatic carbocycles. The van der Waals surface area contributed by atoms with Crippen LogP contribution < -0.4 is 0 Å². The van der Waals surface area contributed by atoms with E-state index in [1.807, 2.05) is 66.8 Å². The van der Waals surface area contributed by atoms with Gasteiger partial charge in [-0.15, -0.1) is 0 Å². The summed E-state index contributed by atoms with van der Waals surface area (Å²) >= 11 is 0. The van der Waals surface area contributed by atoms with Gasteiger partial charge in [0.2, 0.25) is 0 Å². The summed E-state index contributed by atoms with van der Waals surface area (Å²) in [4.78, 5) is 35.7. The Kier molecular flexibility index (Phi) is 36.2. The van der Waals surface area contributed by atoms with Gasteiger partial charge >= 0.3 is 19.8 Å². The average molecular weight is 949 g/mol. The number of aliphatic hydroxyl groups is 6. The van der Waals surface area contributed by atoms with Gasteiger partial charge in [-0.3, -0.25) is 18.6 Å². The van der Waals surface area contributed by atoms with Crippen molar-refractivity contribution in [1.29, 1.82) is 0 Å². The van der Waals surface area contributed by atoms with Gasteiger partial charge < -0.3 is 45.0 Å². The Labute approximate surface area is 394 Å². The fourth-order valence-electron chi connectivity index (χ4n) is 6.34. The smallest absolute Gasteiger partial charge is 0.462 e. The standard InChI is InChI=1S/C51H81O14P/c1-3-5-7-8-9-10-11-12-13-14-15-18-21-24-27-30-34-38-44(53)62-40-43(41-63-66(60,61)65-51-49(58)47(56)46(55)48(57)50(51)59)64-45(54)39-35-31-28-25-22-19-16-17-20-23-26-29-33-37-42(52)36-32-6-4-2/h6,9-10,12-13,15,17-20,22,26,28-29,31-33,37,42-43,46-52,55-59H,3-5,7-8,11,14,16,21,23-25,27,30,34-36,38-41H2,1-2H3,(H,60,61)/b10-9-,13-12-,18-15-,20-17-,22-19-,29-26+,31-28-,32-6-,37-33+/t42?,43-,46?,47-,48+,49-,50-,51?/m1/s1. The Morgan fingerprint density at radius 3 is 1.65 bits per heavy atom. The van der Waals surface area contributed by atoms with Crippen molar-refractivity contribution >= 4 is 19.8 Å². The molecule has 14 nitrogen and oxygen atoms in total. The lowest BCUT2D eigenvalue weighted by Gasteiger charge is -2.41. The maximum absolute atomic E-state index is 12.8. The van der Waals surface area contributed by atoms with E-state index in [-0.39, 0.29) is 12.8 Å². The number of hydrogen-bond acceptors (Lipinski definition) is 13. The van der Waals surface area contributed by atoms with Gasteiger partial charge in [0.05, 0.1) is 12.7 Å². The summed E-state index contributed by atoms with van der Waals surface area (Å²) in [5.41, 5.74) is 0. The summed E-state index contributed by atoms with van der Waals surface area (Å²) < 4.78 is 33.4. The fraction of sp³-hybridized carbons (Fsp3) is 0.608. The lowest BCUT2D eigenvalue weighted by molar-refractivity contribution is -0.220. The van der Waals surface area contributed by atoms with E-state index in [4.69, 9.17) is 18.5 Å². The number of unbranched alkanes of at least 4 members (excludes halogenated alkanes) is 7. The van der Waals surface area contributed by atoms with E-state index in [0.29, 0.717) is 25.7 Å². The van der Waals surface area contributed by atoms with Crippen LogP contribution in [-0.2, 0) is 32.7 Å². The van der Waals surface area contributed by atoms with Crippen LogP contribution in [0.2, 0.25) is 0 Å². The van der Waals surface area contributed by atoms with E-state index in [1.54, 1.807) is 6.08 Å². The molecule has 15 heteroatoms. The van der Waals surface area contributed by atoms with Crippen LogP contribution in [0, 0.1) is 0 Å². The maximum atomic E-state index is 12.8. The van der Waals surface area contributed by atoms with E-state index < -0.39 is 81.8 Å². The van der Waals surface area contributed by atoms with E-state index >= 15 is 0 Å². The number of esters is 2. The number of rotatable bonds is 37. The minimum atomic E-state index is -5.16. The van der Waals surface area contributed by atoms with Crippen molar-refractivity contribution in [1.82, 2.24) is 0 Å². The highest BCUT2D eigenvalue weighted by Crippen LogP contribution is 2.47. The van der Waals surface area contributed by atoms with Crippen LogP contribution in [0.4, 0.5) is 0 Å². The summed E-state index contributed by atoms with van der Waals surface area (Å²) in [7, 11) is -5.16. The first-order valence-electron chi connectivity index (χ1n) is 23.8. The van der Waals surface area contributed by atoms with Crippen molar-refractivity contribution in [2.45, 2.75) is 185 Å². The van der Waals surface area contributed by atoms with Crippen LogP contribution in [0.25, 0.3) is 0 Å². The maximum Gasteiger partial charge on any atom is 0.472 e. The normalized spacial score (nSPS) is 22.7. The molecule has 7 N–H and O–H groups in total. The number of hydrogen-bond donors (Lipinski definition) is 7. The summed E-state index contributed by atoms with van der Waals surface area (Å²) in [6.07, 6.45) is 37.6. The molecule has 0 saturated heterocycles. The minimum absolute atomic E-state index is 0.0560. The Morgan fingerprint density at radius 2 is 1.08 bits per heavy atom. The van der Waals surface area contributed by atoms with E-state index in [2.05, 4.69) is 50.3 Å². The van der Waals surface area contributed by atoms with Crippen LogP contribution >= 0.6 is 7.82 Å².